The summed E-state index contributed by atoms with van der Waals surface area (Å²) < 4.78 is 15.8. The molecular formula is C24H29FN6O. The van der Waals surface area contributed by atoms with Crippen molar-refractivity contribution in [2.75, 3.05) is 19.6 Å². The summed E-state index contributed by atoms with van der Waals surface area (Å²) in [5, 5.41) is 7.51. The van der Waals surface area contributed by atoms with Gasteiger partial charge < -0.3 is 5.32 Å². The Morgan fingerprint density at radius 1 is 1.28 bits per heavy atom. The van der Waals surface area contributed by atoms with Crippen LogP contribution in [0.1, 0.15) is 55.6 Å². The topological polar surface area (TPSA) is 75.9 Å². The smallest absolute Gasteiger partial charge is 0.254 e. The number of halogens is 1. The van der Waals surface area contributed by atoms with Crippen molar-refractivity contribution in [1.29, 1.82) is 0 Å². The maximum atomic E-state index is 14.3. The largest absolute Gasteiger partial charge is 0.350 e. The van der Waals surface area contributed by atoms with Crippen LogP contribution in [0.25, 0.3) is 17.2 Å². The van der Waals surface area contributed by atoms with Crippen LogP contribution < -0.4 is 5.32 Å². The Morgan fingerprint density at radius 3 is 2.84 bits per heavy atom. The van der Waals surface area contributed by atoms with E-state index in [0.29, 0.717) is 35.4 Å². The lowest BCUT2D eigenvalue weighted by Crippen LogP contribution is -2.40. The second-order valence-corrected chi connectivity index (χ2v) is 8.37. The van der Waals surface area contributed by atoms with Gasteiger partial charge in [-0.05, 0) is 50.0 Å². The summed E-state index contributed by atoms with van der Waals surface area (Å²) in [6.45, 7) is 8.85. The Kier molecular flexibility index (Phi) is 6.60. The van der Waals surface area contributed by atoms with E-state index in [1.807, 2.05) is 13.8 Å². The van der Waals surface area contributed by atoms with E-state index in [4.69, 9.17) is 0 Å². The van der Waals surface area contributed by atoms with Crippen LogP contribution in [-0.2, 0) is 0 Å². The molecule has 3 heterocycles. The molecule has 0 aliphatic carbocycles. The number of benzene rings is 1. The van der Waals surface area contributed by atoms with Crippen molar-refractivity contribution < 1.29 is 9.18 Å². The highest BCUT2D eigenvalue weighted by Gasteiger charge is 2.26. The molecule has 0 radical (unpaired) electrons. The van der Waals surface area contributed by atoms with Crippen LogP contribution >= 0.6 is 0 Å². The van der Waals surface area contributed by atoms with Crippen molar-refractivity contribution in [3.05, 3.63) is 59.8 Å². The van der Waals surface area contributed by atoms with Crippen LogP contribution in [0, 0.1) is 5.82 Å². The van der Waals surface area contributed by atoms with Gasteiger partial charge in [-0.25, -0.2) is 19.0 Å². The minimum absolute atomic E-state index is 0.0117. The van der Waals surface area contributed by atoms with E-state index in [9.17, 15) is 9.18 Å². The summed E-state index contributed by atoms with van der Waals surface area (Å²) >= 11 is 0. The van der Waals surface area contributed by atoms with Crippen LogP contribution in [0.4, 0.5) is 4.39 Å². The highest BCUT2D eigenvalue weighted by Crippen LogP contribution is 2.25. The monoisotopic (exact) mass is 436 g/mol. The molecule has 0 saturated carbocycles. The quantitative estimate of drug-likeness (QED) is 0.610. The third kappa shape index (κ3) is 4.41. The van der Waals surface area contributed by atoms with Gasteiger partial charge in [-0.15, -0.1) is 0 Å². The number of likely N-dealkylation sites (tertiary alicyclic amines) is 1. The van der Waals surface area contributed by atoms with Gasteiger partial charge in [-0.2, -0.15) is 5.10 Å². The van der Waals surface area contributed by atoms with Gasteiger partial charge in [0.15, 0.2) is 0 Å². The lowest BCUT2D eigenvalue weighted by Gasteiger charge is -2.23. The average molecular weight is 437 g/mol. The van der Waals surface area contributed by atoms with E-state index in [1.165, 1.54) is 12.5 Å². The van der Waals surface area contributed by atoms with Gasteiger partial charge in [-0.3, -0.25) is 9.69 Å². The minimum Gasteiger partial charge on any atom is -0.350 e. The first-order chi connectivity index (χ1) is 15.5. The molecule has 7 nitrogen and oxygen atoms in total. The van der Waals surface area contributed by atoms with Gasteiger partial charge in [0.05, 0.1) is 23.1 Å². The number of hydrogen-bond donors (Lipinski definition) is 1. The van der Waals surface area contributed by atoms with Crippen LogP contribution in [0.3, 0.4) is 0 Å². The number of nitrogens with one attached hydrogen (secondary N) is 1. The van der Waals surface area contributed by atoms with E-state index in [1.54, 1.807) is 41.3 Å². The molecule has 1 saturated heterocycles. The average Bonchev–Trinajstić information content (AvgIpc) is 3.45. The van der Waals surface area contributed by atoms with Gasteiger partial charge in [0.1, 0.15) is 5.82 Å². The molecule has 32 heavy (non-hydrogen) atoms. The van der Waals surface area contributed by atoms with Crippen molar-refractivity contribution >= 4 is 5.91 Å². The first-order valence-corrected chi connectivity index (χ1v) is 11.2. The van der Waals surface area contributed by atoms with Gasteiger partial charge in [0.2, 0.25) is 0 Å². The third-order valence-corrected chi connectivity index (χ3v) is 5.98. The molecule has 168 valence electrons. The number of rotatable bonds is 7. The SMILES string of the molecule is CCN1CCCC1CNC(=O)c1cnn(-c2nccc(-c3ccccc3F)n2)c1C(C)C. The molecule has 1 atom stereocenters. The number of likely N-dealkylation sites (N-methyl/N-ethyl adjacent to an activating group) is 1. The maximum Gasteiger partial charge on any atom is 0.254 e. The number of nitrogens with zero attached hydrogens (tertiary/aromatic N) is 5. The second kappa shape index (κ2) is 9.56. The van der Waals surface area contributed by atoms with Crippen LogP contribution in [0.15, 0.2) is 42.7 Å². The molecule has 1 aliphatic heterocycles. The zero-order valence-corrected chi connectivity index (χ0v) is 18.8. The first kappa shape index (κ1) is 22.1. The number of aromatic nitrogens is 4. The molecule has 1 amide bonds. The maximum absolute atomic E-state index is 14.3. The summed E-state index contributed by atoms with van der Waals surface area (Å²) in [5.41, 5.74) is 2.10. The fourth-order valence-electron chi connectivity index (χ4n) is 4.37. The Morgan fingerprint density at radius 2 is 2.09 bits per heavy atom. The molecule has 1 unspecified atom stereocenters. The highest BCUT2D eigenvalue weighted by atomic mass is 19.1. The van der Waals surface area contributed by atoms with Crippen molar-refractivity contribution in [1.82, 2.24) is 30.0 Å². The van der Waals surface area contributed by atoms with Crippen LogP contribution in [0.2, 0.25) is 0 Å². The predicted molar refractivity (Wildman–Crippen MR) is 121 cm³/mol. The lowest BCUT2D eigenvalue weighted by molar-refractivity contribution is 0.0940. The normalized spacial score (nSPS) is 16.6. The number of carbonyl (C=O) groups is 1. The number of hydrogen-bond acceptors (Lipinski definition) is 5. The molecule has 3 aromatic rings. The molecule has 4 rings (SSSR count). The zero-order chi connectivity index (χ0) is 22.7. The molecule has 2 aromatic heterocycles. The van der Waals surface area contributed by atoms with Gasteiger partial charge in [0.25, 0.3) is 11.9 Å². The number of carbonyl (C=O) groups excluding carboxylic acids is 1. The molecule has 8 heteroatoms. The van der Waals surface area contributed by atoms with Crippen molar-refractivity contribution in [2.45, 2.75) is 45.6 Å². The Bertz CT molecular complexity index is 1100. The predicted octanol–water partition coefficient (Wildman–Crippen LogP) is 3.81. The molecule has 1 aliphatic rings. The summed E-state index contributed by atoms with van der Waals surface area (Å²) in [6.07, 6.45) is 5.41. The van der Waals surface area contributed by atoms with E-state index in [2.05, 4.69) is 32.2 Å². The molecular weight excluding hydrogens is 407 g/mol. The minimum atomic E-state index is -0.352. The van der Waals surface area contributed by atoms with Gasteiger partial charge in [-0.1, -0.05) is 32.9 Å². The summed E-state index contributed by atoms with van der Waals surface area (Å²) in [5.74, 6) is -0.179. The first-order valence-electron chi connectivity index (χ1n) is 11.2. The van der Waals surface area contributed by atoms with Crippen molar-refractivity contribution in [3.63, 3.8) is 0 Å². The van der Waals surface area contributed by atoms with Gasteiger partial charge in [0, 0.05) is 24.3 Å². The van der Waals surface area contributed by atoms with E-state index in [0.717, 1.165) is 25.2 Å². The summed E-state index contributed by atoms with van der Waals surface area (Å²) in [7, 11) is 0. The molecule has 1 N–H and O–H groups in total. The summed E-state index contributed by atoms with van der Waals surface area (Å²) in [6, 6.07) is 8.52. The van der Waals surface area contributed by atoms with Crippen molar-refractivity contribution in [2.24, 2.45) is 0 Å². The molecule has 0 spiro atoms. The van der Waals surface area contributed by atoms with Crippen LogP contribution in [-0.4, -0.2) is 56.2 Å². The Labute approximate surface area is 187 Å². The van der Waals surface area contributed by atoms with Crippen molar-refractivity contribution in [3.8, 4) is 17.2 Å². The fraction of sp³-hybridized carbons (Fsp3) is 0.417. The Hall–Kier alpha value is -3.13. The van der Waals surface area contributed by atoms with E-state index < -0.39 is 0 Å². The Balaban J connectivity index is 1.61. The van der Waals surface area contributed by atoms with Gasteiger partial charge >= 0.3 is 0 Å². The standard InChI is InChI=1S/C24H29FN6O/c1-4-30-13-7-8-17(30)14-27-23(32)19-15-28-31(22(19)16(2)3)24-26-12-11-21(29-24)18-9-5-6-10-20(18)25/h5-6,9-12,15-17H,4,7-8,13-14H2,1-3H3,(H,27,32). The molecule has 0 bridgehead atoms. The van der Waals surface area contributed by atoms with E-state index >= 15 is 0 Å². The van der Waals surface area contributed by atoms with Crippen LogP contribution in [0.5, 0.6) is 0 Å². The highest BCUT2D eigenvalue weighted by molar-refractivity contribution is 5.95. The summed E-state index contributed by atoms with van der Waals surface area (Å²) in [4.78, 5) is 24.3. The third-order valence-electron chi connectivity index (χ3n) is 5.98. The molecule has 1 fully saturated rings. The molecule has 1 aromatic carbocycles. The second-order valence-electron chi connectivity index (χ2n) is 8.37. The number of amides is 1. The zero-order valence-electron chi connectivity index (χ0n) is 18.8. The fourth-order valence-corrected chi connectivity index (χ4v) is 4.37. The lowest BCUT2D eigenvalue weighted by atomic mass is 10.1. The van der Waals surface area contributed by atoms with E-state index in [-0.39, 0.29) is 17.6 Å².